The first-order valence-corrected chi connectivity index (χ1v) is 8.60. The van der Waals surface area contributed by atoms with Gasteiger partial charge in [-0.15, -0.1) is 12.4 Å². The van der Waals surface area contributed by atoms with Crippen LogP contribution in [0.4, 0.5) is 0 Å². The molecular formula is C19H29ClN2O. The molecule has 128 valence electrons. The highest BCUT2D eigenvalue weighted by molar-refractivity contribution is 5.85. The zero-order valence-corrected chi connectivity index (χ0v) is 15.1. The van der Waals surface area contributed by atoms with Crippen molar-refractivity contribution < 1.29 is 4.79 Å². The normalized spacial score (nSPS) is 24.5. The molecule has 0 bridgehead atoms. The van der Waals surface area contributed by atoms with Crippen LogP contribution in [0.15, 0.2) is 30.3 Å². The van der Waals surface area contributed by atoms with Gasteiger partial charge in [0.25, 0.3) is 0 Å². The van der Waals surface area contributed by atoms with Crippen LogP contribution in [0, 0.1) is 17.3 Å². The highest BCUT2D eigenvalue weighted by Gasteiger charge is 2.36. The molecule has 0 aliphatic carbocycles. The molecule has 23 heavy (non-hydrogen) atoms. The Hall–Kier alpha value is -1.06. The molecule has 3 nitrogen and oxygen atoms in total. The fraction of sp³-hybridized carbons (Fsp3) is 0.632. The molecule has 2 heterocycles. The Balaban J connectivity index is 0.00000192. The van der Waals surface area contributed by atoms with E-state index in [1.807, 2.05) is 6.07 Å². The molecule has 1 amide bonds. The number of hydrogen-bond donors (Lipinski definition) is 1. The summed E-state index contributed by atoms with van der Waals surface area (Å²) in [7, 11) is 0. The predicted molar refractivity (Wildman–Crippen MR) is 96.8 cm³/mol. The van der Waals surface area contributed by atoms with Crippen molar-refractivity contribution in [2.45, 2.75) is 33.1 Å². The Morgan fingerprint density at radius 2 is 1.70 bits per heavy atom. The predicted octanol–water partition coefficient (Wildman–Crippen LogP) is 3.14. The molecule has 1 aromatic carbocycles. The summed E-state index contributed by atoms with van der Waals surface area (Å²) >= 11 is 0. The number of likely N-dealkylation sites (tertiary alicyclic amines) is 1. The van der Waals surface area contributed by atoms with Crippen molar-refractivity contribution in [2.24, 2.45) is 17.3 Å². The molecule has 2 saturated heterocycles. The van der Waals surface area contributed by atoms with E-state index in [-0.39, 0.29) is 17.8 Å². The van der Waals surface area contributed by atoms with E-state index < -0.39 is 0 Å². The minimum absolute atomic E-state index is 0. The maximum atomic E-state index is 13.0. The maximum Gasteiger partial charge on any atom is 0.228 e. The second kappa shape index (κ2) is 7.67. The van der Waals surface area contributed by atoms with Crippen molar-refractivity contribution in [3.8, 4) is 0 Å². The lowest BCUT2D eigenvalue weighted by atomic mass is 9.84. The molecule has 0 spiro atoms. The number of amides is 1. The third-order valence-electron chi connectivity index (χ3n) is 5.37. The van der Waals surface area contributed by atoms with Gasteiger partial charge in [-0.25, -0.2) is 0 Å². The van der Waals surface area contributed by atoms with E-state index >= 15 is 0 Å². The lowest BCUT2D eigenvalue weighted by Gasteiger charge is -2.31. The Labute approximate surface area is 146 Å². The minimum atomic E-state index is -0.320. The van der Waals surface area contributed by atoms with Crippen LogP contribution >= 0.6 is 12.4 Å². The van der Waals surface area contributed by atoms with Gasteiger partial charge < -0.3 is 10.2 Å². The van der Waals surface area contributed by atoms with Crippen LogP contribution in [-0.2, 0) is 11.2 Å². The second-order valence-electron chi connectivity index (χ2n) is 7.59. The van der Waals surface area contributed by atoms with Crippen molar-refractivity contribution in [1.82, 2.24) is 10.2 Å². The van der Waals surface area contributed by atoms with Gasteiger partial charge in [0.1, 0.15) is 0 Å². The van der Waals surface area contributed by atoms with Gasteiger partial charge in [-0.2, -0.15) is 0 Å². The summed E-state index contributed by atoms with van der Waals surface area (Å²) in [5.41, 5.74) is 0.927. The summed E-state index contributed by atoms with van der Waals surface area (Å²) in [6.07, 6.45) is 3.13. The second-order valence-corrected chi connectivity index (χ2v) is 7.59. The SMILES string of the molecule is CC(C)(Cc1ccccc1)C(=O)N1CC[C@@H]2CNC[C@@H]2CC1.Cl. The molecule has 1 aromatic rings. The van der Waals surface area contributed by atoms with Gasteiger partial charge in [0.2, 0.25) is 5.91 Å². The summed E-state index contributed by atoms with van der Waals surface area (Å²) < 4.78 is 0. The molecular weight excluding hydrogens is 308 g/mol. The number of halogens is 1. The quantitative estimate of drug-likeness (QED) is 0.919. The Bertz CT molecular complexity index is 503. The molecule has 0 unspecified atom stereocenters. The van der Waals surface area contributed by atoms with E-state index in [9.17, 15) is 4.79 Å². The maximum absolute atomic E-state index is 13.0. The van der Waals surface area contributed by atoms with E-state index in [1.165, 1.54) is 5.56 Å². The number of benzene rings is 1. The monoisotopic (exact) mass is 336 g/mol. The lowest BCUT2D eigenvalue weighted by Crippen LogP contribution is -2.42. The van der Waals surface area contributed by atoms with Crippen molar-refractivity contribution in [3.05, 3.63) is 35.9 Å². The van der Waals surface area contributed by atoms with Crippen LogP contribution in [0.1, 0.15) is 32.3 Å². The number of nitrogens with one attached hydrogen (secondary N) is 1. The first kappa shape index (κ1) is 18.3. The van der Waals surface area contributed by atoms with Crippen LogP contribution in [0.25, 0.3) is 0 Å². The summed E-state index contributed by atoms with van der Waals surface area (Å²) in [6, 6.07) is 10.4. The molecule has 2 aliphatic rings. The summed E-state index contributed by atoms with van der Waals surface area (Å²) in [6.45, 7) is 8.32. The molecule has 0 aromatic heterocycles. The number of nitrogens with zero attached hydrogens (tertiary/aromatic N) is 1. The summed E-state index contributed by atoms with van der Waals surface area (Å²) in [5, 5.41) is 3.50. The molecule has 0 saturated carbocycles. The topological polar surface area (TPSA) is 32.3 Å². The van der Waals surface area contributed by atoms with Crippen molar-refractivity contribution in [3.63, 3.8) is 0 Å². The van der Waals surface area contributed by atoms with Crippen LogP contribution in [0.2, 0.25) is 0 Å². The number of carbonyl (C=O) groups is 1. The largest absolute Gasteiger partial charge is 0.342 e. The van der Waals surface area contributed by atoms with Gasteiger partial charge in [0.15, 0.2) is 0 Å². The number of fused-ring (bicyclic) bond motifs is 1. The van der Waals surface area contributed by atoms with Gasteiger partial charge in [-0.1, -0.05) is 44.2 Å². The van der Waals surface area contributed by atoms with E-state index in [1.54, 1.807) is 0 Å². The molecule has 2 atom stereocenters. The van der Waals surface area contributed by atoms with E-state index in [4.69, 9.17) is 0 Å². The fourth-order valence-corrected chi connectivity index (χ4v) is 4.03. The Morgan fingerprint density at radius 3 is 2.26 bits per heavy atom. The number of hydrogen-bond acceptors (Lipinski definition) is 2. The highest BCUT2D eigenvalue weighted by atomic mass is 35.5. The third-order valence-corrected chi connectivity index (χ3v) is 5.37. The number of rotatable bonds is 3. The smallest absolute Gasteiger partial charge is 0.228 e. The van der Waals surface area contributed by atoms with Crippen LogP contribution < -0.4 is 5.32 Å². The molecule has 2 aliphatic heterocycles. The van der Waals surface area contributed by atoms with E-state index in [0.29, 0.717) is 5.91 Å². The zero-order valence-electron chi connectivity index (χ0n) is 14.3. The van der Waals surface area contributed by atoms with Gasteiger partial charge in [0.05, 0.1) is 0 Å². The van der Waals surface area contributed by atoms with Gasteiger partial charge >= 0.3 is 0 Å². The van der Waals surface area contributed by atoms with Crippen LogP contribution in [0.3, 0.4) is 0 Å². The van der Waals surface area contributed by atoms with E-state index in [0.717, 1.165) is 57.3 Å². The van der Waals surface area contributed by atoms with Gasteiger partial charge in [-0.3, -0.25) is 4.79 Å². The molecule has 1 N–H and O–H groups in total. The molecule has 2 fully saturated rings. The van der Waals surface area contributed by atoms with Crippen molar-refractivity contribution >= 4 is 18.3 Å². The molecule has 0 radical (unpaired) electrons. The minimum Gasteiger partial charge on any atom is -0.342 e. The van der Waals surface area contributed by atoms with Gasteiger partial charge in [0, 0.05) is 18.5 Å². The molecule has 4 heteroatoms. The lowest BCUT2D eigenvalue weighted by molar-refractivity contribution is -0.140. The Morgan fingerprint density at radius 1 is 1.13 bits per heavy atom. The van der Waals surface area contributed by atoms with Crippen LogP contribution in [-0.4, -0.2) is 37.0 Å². The average Bonchev–Trinajstić information content (AvgIpc) is 2.86. The standard InChI is InChI=1S/C19H28N2O.ClH/c1-19(2,12-15-6-4-3-5-7-15)18(22)21-10-8-16-13-20-14-17(16)9-11-21;/h3-7,16-17,20H,8-14H2,1-2H3;1H/t16-,17+;. The average molecular weight is 337 g/mol. The van der Waals surface area contributed by atoms with Crippen LogP contribution in [0.5, 0.6) is 0 Å². The van der Waals surface area contributed by atoms with Gasteiger partial charge in [-0.05, 0) is 49.8 Å². The summed E-state index contributed by atoms with van der Waals surface area (Å²) in [5.74, 6) is 1.87. The van der Waals surface area contributed by atoms with E-state index in [2.05, 4.69) is 48.3 Å². The molecule has 3 rings (SSSR count). The third kappa shape index (κ3) is 4.27. The highest BCUT2D eigenvalue weighted by Crippen LogP contribution is 2.30. The zero-order chi connectivity index (χ0) is 15.6. The van der Waals surface area contributed by atoms with Crippen molar-refractivity contribution in [1.29, 1.82) is 0 Å². The summed E-state index contributed by atoms with van der Waals surface area (Å²) in [4.78, 5) is 15.1. The first-order valence-electron chi connectivity index (χ1n) is 8.60. The fourth-order valence-electron chi connectivity index (χ4n) is 4.03. The van der Waals surface area contributed by atoms with Crippen molar-refractivity contribution in [2.75, 3.05) is 26.2 Å². The number of carbonyl (C=O) groups excluding carboxylic acids is 1. The first-order chi connectivity index (χ1) is 10.6. The Kier molecular flexibility index (Phi) is 6.10.